The van der Waals surface area contributed by atoms with Crippen LogP contribution in [-0.4, -0.2) is 54.9 Å². The van der Waals surface area contributed by atoms with Crippen molar-refractivity contribution in [2.24, 2.45) is 11.5 Å². The van der Waals surface area contributed by atoms with Crippen molar-refractivity contribution < 1.29 is 62.8 Å². The molecule has 0 fully saturated rings. The number of esters is 1. The van der Waals surface area contributed by atoms with Gasteiger partial charge < -0.3 is 36.3 Å². The molecule has 55 heavy (non-hydrogen) atoms. The number of carboxylic acids is 1. The molecular weight excluding hydrogens is 699 g/mol. The molecule has 2 heterocycles. The normalized spacial score (nSPS) is 11.6. The van der Waals surface area contributed by atoms with Gasteiger partial charge in [-0.05, 0) is 85.3 Å². The van der Waals surface area contributed by atoms with Gasteiger partial charge in [0.2, 0.25) is 0 Å². The maximum atomic E-state index is 12.1. The Labute approximate surface area is 331 Å². The quantitative estimate of drug-likeness (QED) is 0.102. The largest absolute Gasteiger partial charge is 1.00 e. The van der Waals surface area contributed by atoms with Crippen molar-refractivity contribution in [3.05, 3.63) is 107 Å². The van der Waals surface area contributed by atoms with Gasteiger partial charge in [-0.1, -0.05) is 60.7 Å². The number of hydrogen-bond donors (Lipinski definition) is 3. The molecule has 0 spiro atoms. The van der Waals surface area contributed by atoms with E-state index in [4.69, 9.17) is 26.0 Å². The molecule has 0 atom stereocenters. The van der Waals surface area contributed by atoms with Gasteiger partial charge in [-0.3, -0.25) is 19.4 Å². The molecule has 4 aromatic carbocycles. The molecule has 0 radical (unpaired) electrons. The van der Waals surface area contributed by atoms with Crippen LogP contribution >= 0.6 is 0 Å². The first-order valence-electron chi connectivity index (χ1n) is 17.2. The molecule has 0 saturated heterocycles. The minimum absolute atomic E-state index is 0. The number of carbonyl (C=O) groups is 4. The van der Waals surface area contributed by atoms with Gasteiger partial charge in [0.15, 0.2) is 0 Å². The second kappa shape index (κ2) is 21.0. The van der Waals surface area contributed by atoms with Crippen molar-refractivity contribution in [3.8, 4) is 11.5 Å². The van der Waals surface area contributed by atoms with Crippen LogP contribution < -0.4 is 49.6 Å². The van der Waals surface area contributed by atoms with Crippen LogP contribution in [0.2, 0.25) is 0 Å². The third kappa shape index (κ3) is 11.5. The number of unbranched alkanes of at least 4 members (excludes halogenated alkanes) is 2. The maximum Gasteiger partial charge on any atom is 1.00 e. The predicted octanol–water partition coefficient (Wildman–Crippen LogP) is 4.96. The van der Waals surface area contributed by atoms with Crippen LogP contribution in [0, 0.1) is 0 Å². The number of aliphatic carboxylic acids is 1. The second-order valence-electron chi connectivity index (χ2n) is 12.2. The first-order valence-corrected chi connectivity index (χ1v) is 17.2. The van der Waals surface area contributed by atoms with Gasteiger partial charge in [0.25, 0.3) is 0 Å². The number of nitrogens with two attached hydrogens (primary N) is 2. The van der Waals surface area contributed by atoms with Gasteiger partial charge in [-0.15, -0.1) is 0 Å². The van der Waals surface area contributed by atoms with Crippen LogP contribution in [0.25, 0.3) is 24.3 Å². The fourth-order valence-corrected chi connectivity index (χ4v) is 5.91. The van der Waals surface area contributed by atoms with E-state index in [1.165, 1.54) is 16.9 Å². The number of anilines is 4. The molecule has 13 nitrogen and oxygen atoms in total. The van der Waals surface area contributed by atoms with Crippen LogP contribution in [0.3, 0.4) is 0 Å². The monoisotopic (exact) mass is 742 g/mol. The number of fused-ring (bicyclic) bond motifs is 4. The number of para-hydroxylation sites is 2. The molecule has 282 valence electrons. The van der Waals surface area contributed by atoms with Gasteiger partial charge in [0.1, 0.15) is 11.5 Å². The Morgan fingerprint density at radius 2 is 0.982 bits per heavy atom. The van der Waals surface area contributed by atoms with Crippen LogP contribution in [-0.2, 0) is 14.3 Å². The zero-order valence-electron chi connectivity index (χ0n) is 30.9. The molecule has 14 heteroatoms. The molecule has 2 aliphatic heterocycles. The van der Waals surface area contributed by atoms with Crippen LogP contribution in [0.1, 0.15) is 60.8 Å². The number of benzene rings is 4. The van der Waals surface area contributed by atoms with E-state index in [1.54, 1.807) is 12.1 Å². The van der Waals surface area contributed by atoms with Gasteiger partial charge in [-0.25, -0.2) is 9.59 Å². The summed E-state index contributed by atoms with van der Waals surface area (Å²) in [5.74, 6) is 0.355. The Kier molecular flexibility index (Phi) is 16.6. The van der Waals surface area contributed by atoms with Crippen molar-refractivity contribution in [1.82, 2.24) is 0 Å². The molecule has 0 aliphatic carbocycles. The maximum absolute atomic E-state index is 12.1. The average molecular weight is 743 g/mol. The van der Waals surface area contributed by atoms with Crippen LogP contribution in [0.5, 0.6) is 11.5 Å². The Bertz CT molecular complexity index is 2030. The molecule has 0 unspecified atom stereocenters. The number of amides is 4. The Hall–Kier alpha value is -6.00. The summed E-state index contributed by atoms with van der Waals surface area (Å²) in [6.45, 7) is 0.939. The molecule has 6 N–H and O–H groups in total. The van der Waals surface area contributed by atoms with E-state index in [0.29, 0.717) is 61.8 Å². The molecule has 6 rings (SSSR count). The Morgan fingerprint density at radius 3 is 1.40 bits per heavy atom. The average Bonchev–Trinajstić information content (AvgIpc) is 3.42. The SMILES string of the molecule is COC(=O)CCCCOc1ccc2c(c1)C=Cc1ccccc1N2C(N)=O.NC(=O)N1c2ccccc2C=Cc2cc(OCCCCC(=O)O)ccc21.[Li+].[OH-]. The number of rotatable bonds is 12. The van der Waals surface area contributed by atoms with E-state index < -0.39 is 18.0 Å². The summed E-state index contributed by atoms with van der Waals surface area (Å²) in [6.07, 6.45) is 11.0. The topological polar surface area (TPSA) is 205 Å². The third-order valence-corrected chi connectivity index (χ3v) is 8.49. The molecular formula is C41H43LiN4O9. The second-order valence-corrected chi connectivity index (χ2v) is 12.2. The van der Waals surface area contributed by atoms with E-state index in [2.05, 4.69) is 4.74 Å². The standard InChI is InChI=1S/C21H22N2O4.C20H20N2O4.Li.H2O/c1-26-20(24)8-4-5-13-27-17-11-12-19-16(14-17)10-9-15-6-2-3-7-18(15)23(19)21(22)25;21-20(25)22-17-6-2-1-5-14(17)8-9-15-13-16(10-11-18(15)22)26-12-4-3-7-19(23)24;;/h2-3,6-7,9-12,14H,4-5,8,13H2,1H3,(H2,22,25);1-2,5-6,8-11,13H,3-4,7,12H2,(H2,21,25)(H,23,24);;1H2/q;;+1;/p-1. The molecule has 0 saturated carbocycles. The van der Waals surface area contributed by atoms with E-state index >= 15 is 0 Å². The smallest absolute Gasteiger partial charge is 0.870 e. The molecule has 0 aromatic heterocycles. The van der Waals surface area contributed by atoms with Crippen LogP contribution in [0.4, 0.5) is 32.3 Å². The Morgan fingerprint density at radius 1 is 0.582 bits per heavy atom. The summed E-state index contributed by atoms with van der Waals surface area (Å²) >= 11 is 0. The fraction of sp³-hybridized carbons (Fsp3) is 0.220. The third-order valence-electron chi connectivity index (χ3n) is 8.49. The first-order chi connectivity index (χ1) is 25.7. The van der Waals surface area contributed by atoms with Crippen LogP contribution in [0.15, 0.2) is 84.9 Å². The van der Waals surface area contributed by atoms with Crippen molar-refractivity contribution in [3.63, 3.8) is 0 Å². The number of carboxylic acid groups (broad SMARTS) is 1. The molecule has 2 aliphatic rings. The predicted molar refractivity (Wildman–Crippen MR) is 207 cm³/mol. The number of urea groups is 2. The summed E-state index contributed by atoms with van der Waals surface area (Å²) in [7, 11) is 1.38. The van der Waals surface area contributed by atoms with E-state index in [-0.39, 0.29) is 36.7 Å². The Balaban J connectivity index is 0.000000285. The first kappa shape index (κ1) is 43.4. The zero-order valence-corrected chi connectivity index (χ0v) is 30.9. The van der Waals surface area contributed by atoms with Crippen molar-refractivity contribution in [1.29, 1.82) is 0 Å². The molecule has 4 aromatic rings. The summed E-state index contributed by atoms with van der Waals surface area (Å²) in [4.78, 5) is 48.8. The minimum Gasteiger partial charge on any atom is -0.870 e. The summed E-state index contributed by atoms with van der Waals surface area (Å²) in [5, 5.41) is 8.64. The number of ether oxygens (including phenoxy) is 3. The summed E-state index contributed by atoms with van der Waals surface area (Å²) < 4.78 is 16.1. The molecule has 0 bridgehead atoms. The van der Waals surface area contributed by atoms with E-state index in [9.17, 15) is 19.2 Å². The van der Waals surface area contributed by atoms with E-state index in [0.717, 1.165) is 40.0 Å². The van der Waals surface area contributed by atoms with Gasteiger partial charge >= 0.3 is 42.9 Å². The fourth-order valence-electron chi connectivity index (χ4n) is 5.91. The minimum atomic E-state index is -0.800. The summed E-state index contributed by atoms with van der Waals surface area (Å²) in [5.41, 5.74) is 17.6. The zero-order chi connectivity index (χ0) is 37.7. The van der Waals surface area contributed by atoms with Crippen molar-refractivity contribution in [2.45, 2.75) is 38.5 Å². The number of nitrogens with zero attached hydrogens (tertiary/aromatic N) is 2. The van der Waals surface area contributed by atoms with Gasteiger partial charge in [0.05, 0.1) is 43.1 Å². The summed E-state index contributed by atoms with van der Waals surface area (Å²) in [6, 6.07) is 25.0. The van der Waals surface area contributed by atoms with Gasteiger partial charge in [0, 0.05) is 24.0 Å². The van der Waals surface area contributed by atoms with Crippen molar-refractivity contribution >= 4 is 71.1 Å². The number of methoxy groups -OCH3 is 1. The number of hydrogen-bond acceptors (Lipinski definition) is 8. The van der Waals surface area contributed by atoms with Gasteiger partial charge in [-0.2, -0.15) is 0 Å². The van der Waals surface area contributed by atoms with Crippen molar-refractivity contribution in [2.75, 3.05) is 30.1 Å². The number of carbonyl (C=O) groups excluding carboxylic acids is 3. The number of primary amides is 2. The molecule has 4 amide bonds. The van der Waals surface area contributed by atoms with E-state index in [1.807, 2.05) is 97.1 Å².